The number of fused-ring (bicyclic) bond motifs is 2. The number of hydrogen-bond acceptors (Lipinski definition) is 4. The molecule has 0 fully saturated rings. The average molecular weight is 363 g/mol. The van der Waals surface area contributed by atoms with Gasteiger partial charge in [0.1, 0.15) is 5.75 Å². The Bertz CT molecular complexity index is 1170. The first kappa shape index (κ1) is 15.2. The van der Waals surface area contributed by atoms with Crippen molar-refractivity contribution in [3.05, 3.63) is 71.0 Å². The molecular weight excluding hydrogens is 348 g/mol. The van der Waals surface area contributed by atoms with Gasteiger partial charge >= 0.3 is 0 Å². The number of benzene rings is 2. The summed E-state index contributed by atoms with van der Waals surface area (Å²) in [5, 5.41) is 23.4. The van der Waals surface area contributed by atoms with Crippen molar-refractivity contribution in [2.24, 2.45) is 7.05 Å². The molecule has 2 aromatic carbocycles. The number of anilines is 1. The Kier molecular flexibility index (Phi) is 3.21. The van der Waals surface area contributed by atoms with Crippen molar-refractivity contribution >= 4 is 28.3 Å². The van der Waals surface area contributed by atoms with E-state index in [1.165, 1.54) is 0 Å². The third-order valence-corrected chi connectivity index (χ3v) is 5.22. The summed E-state index contributed by atoms with van der Waals surface area (Å²) >= 11 is 6.18. The first-order valence-electron chi connectivity index (χ1n) is 8.28. The zero-order valence-electron chi connectivity index (χ0n) is 13.9. The molecular formula is C20H15ClN4O. The molecule has 26 heavy (non-hydrogen) atoms. The van der Waals surface area contributed by atoms with E-state index in [1.807, 2.05) is 36.0 Å². The van der Waals surface area contributed by atoms with Gasteiger partial charge in [0.15, 0.2) is 5.65 Å². The van der Waals surface area contributed by atoms with Crippen molar-refractivity contribution in [2.45, 2.75) is 6.04 Å². The molecule has 3 heterocycles. The van der Waals surface area contributed by atoms with Gasteiger partial charge in [0, 0.05) is 41.0 Å². The molecule has 0 spiro atoms. The summed E-state index contributed by atoms with van der Waals surface area (Å²) in [6.07, 6.45) is 3.89. The van der Waals surface area contributed by atoms with E-state index in [1.54, 1.807) is 12.1 Å². The van der Waals surface area contributed by atoms with E-state index in [2.05, 4.69) is 33.8 Å². The van der Waals surface area contributed by atoms with Crippen LogP contribution in [-0.4, -0.2) is 19.9 Å². The number of phenolic OH excluding ortho intramolecular Hbond substituents is 1. The summed E-state index contributed by atoms with van der Waals surface area (Å²) in [5.74, 6) is 0.0777. The van der Waals surface area contributed by atoms with Gasteiger partial charge in [0.25, 0.3) is 0 Å². The summed E-state index contributed by atoms with van der Waals surface area (Å²) in [7, 11) is 1.97. The highest BCUT2D eigenvalue weighted by Gasteiger charge is 2.27. The maximum atomic E-state index is 9.80. The zero-order chi connectivity index (χ0) is 17.8. The van der Waals surface area contributed by atoms with E-state index in [9.17, 15) is 5.11 Å². The van der Waals surface area contributed by atoms with Gasteiger partial charge in [-0.05, 0) is 23.8 Å². The molecule has 4 aromatic rings. The third-order valence-electron chi connectivity index (χ3n) is 4.92. The molecule has 2 N–H and O–H groups in total. The molecule has 2 aromatic heterocycles. The minimum atomic E-state index is -0.122. The lowest BCUT2D eigenvalue weighted by Crippen LogP contribution is -2.11. The first-order chi connectivity index (χ1) is 12.6. The van der Waals surface area contributed by atoms with Gasteiger partial charge in [0.2, 0.25) is 0 Å². The lowest BCUT2D eigenvalue weighted by molar-refractivity contribution is 0.475. The lowest BCUT2D eigenvalue weighted by Gasteiger charge is -2.20. The summed E-state index contributed by atoms with van der Waals surface area (Å²) in [5.41, 5.74) is 6.08. The predicted molar refractivity (Wildman–Crippen MR) is 103 cm³/mol. The molecule has 128 valence electrons. The number of aromatic hydroxyl groups is 1. The Hall–Kier alpha value is -3.05. The number of phenols is 1. The molecule has 0 bridgehead atoms. The van der Waals surface area contributed by atoms with Crippen molar-refractivity contribution in [1.82, 2.24) is 14.8 Å². The van der Waals surface area contributed by atoms with Gasteiger partial charge in [-0.25, -0.2) is 0 Å². The van der Waals surface area contributed by atoms with Crippen molar-refractivity contribution < 1.29 is 5.11 Å². The summed E-state index contributed by atoms with van der Waals surface area (Å²) in [6, 6.07) is 13.4. The van der Waals surface area contributed by atoms with E-state index in [4.69, 9.17) is 11.6 Å². The van der Waals surface area contributed by atoms with Crippen LogP contribution in [0.5, 0.6) is 5.75 Å². The van der Waals surface area contributed by atoms with Crippen LogP contribution < -0.4 is 5.32 Å². The molecule has 0 aliphatic carbocycles. The van der Waals surface area contributed by atoms with Crippen molar-refractivity contribution in [3.63, 3.8) is 0 Å². The summed E-state index contributed by atoms with van der Waals surface area (Å²) in [4.78, 5) is 0. The van der Waals surface area contributed by atoms with Crippen LogP contribution in [0.1, 0.15) is 17.2 Å². The van der Waals surface area contributed by atoms with Crippen LogP contribution in [0, 0.1) is 0 Å². The third kappa shape index (κ3) is 2.10. The molecule has 0 amide bonds. The van der Waals surface area contributed by atoms with Crippen LogP contribution in [0.15, 0.2) is 54.9 Å². The smallest absolute Gasteiger partial charge is 0.163 e. The summed E-state index contributed by atoms with van der Waals surface area (Å²) in [6.45, 7) is 0. The minimum Gasteiger partial charge on any atom is -0.506 e. The quantitative estimate of drug-likeness (QED) is 0.523. The number of halogens is 1. The van der Waals surface area contributed by atoms with Gasteiger partial charge in [-0.1, -0.05) is 35.9 Å². The van der Waals surface area contributed by atoms with E-state index < -0.39 is 0 Å². The highest BCUT2D eigenvalue weighted by atomic mass is 35.5. The first-order valence-corrected chi connectivity index (χ1v) is 8.66. The Labute approximate surface area is 154 Å². The van der Waals surface area contributed by atoms with Crippen molar-refractivity contribution in [1.29, 1.82) is 0 Å². The molecule has 1 atom stereocenters. The van der Waals surface area contributed by atoms with E-state index in [0.29, 0.717) is 5.02 Å². The molecule has 0 saturated carbocycles. The van der Waals surface area contributed by atoms with E-state index >= 15 is 0 Å². The number of para-hydroxylation sites is 1. The maximum absolute atomic E-state index is 9.80. The zero-order valence-corrected chi connectivity index (χ0v) is 14.7. The number of aromatic nitrogens is 3. The Morgan fingerprint density at radius 1 is 1.15 bits per heavy atom. The second kappa shape index (κ2) is 5.47. The number of nitrogens with one attached hydrogen (secondary N) is 1. The number of nitrogens with zero attached hydrogens (tertiary/aromatic N) is 3. The van der Waals surface area contributed by atoms with Crippen LogP contribution in [0.2, 0.25) is 5.02 Å². The van der Waals surface area contributed by atoms with Gasteiger partial charge in [-0.2, -0.15) is 5.10 Å². The van der Waals surface area contributed by atoms with Crippen molar-refractivity contribution in [2.75, 3.05) is 5.32 Å². The normalized spacial score (nSPS) is 15.4. The van der Waals surface area contributed by atoms with E-state index in [-0.39, 0.29) is 11.8 Å². The number of aryl methyl sites for hydroxylation is 1. The minimum absolute atomic E-state index is 0.0777. The maximum Gasteiger partial charge on any atom is 0.163 e. The largest absolute Gasteiger partial charge is 0.506 e. The lowest BCUT2D eigenvalue weighted by atomic mass is 9.97. The number of rotatable bonds is 1. The molecule has 5 nitrogen and oxygen atoms in total. The van der Waals surface area contributed by atoms with Crippen molar-refractivity contribution in [3.8, 4) is 16.9 Å². The fourth-order valence-corrected chi connectivity index (χ4v) is 3.90. The van der Waals surface area contributed by atoms with Gasteiger partial charge in [-0.3, -0.25) is 0 Å². The molecule has 1 unspecified atom stereocenters. The second-order valence-electron chi connectivity index (χ2n) is 6.49. The molecule has 0 radical (unpaired) electrons. The van der Waals surface area contributed by atoms with Gasteiger partial charge < -0.3 is 15.0 Å². The van der Waals surface area contributed by atoms with Crippen LogP contribution >= 0.6 is 11.6 Å². The molecule has 5 rings (SSSR count). The van der Waals surface area contributed by atoms with Gasteiger partial charge in [-0.15, -0.1) is 5.10 Å². The number of hydrogen-bond donors (Lipinski definition) is 2. The molecule has 6 heteroatoms. The molecule has 1 aliphatic heterocycles. The molecule has 0 saturated heterocycles. The predicted octanol–water partition coefficient (Wildman–Crippen LogP) is 4.51. The monoisotopic (exact) mass is 362 g/mol. The second-order valence-corrected chi connectivity index (χ2v) is 6.89. The van der Waals surface area contributed by atoms with Crippen LogP contribution in [-0.2, 0) is 7.05 Å². The Morgan fingerprint density at radius 2 is 2.00 bits per heavy atom. The highest BCUT2D eigenvalue weighted by Crippen LogP contribution is 2.44. The Morgan fingerprint density at radius 3 is 2.85 bits per heavy atom. The van der Waals surface area contributed by atoms with Crippen LogP contribution in [0.25, 0.3) is 22.2 Å². The van der Waals surface area contributed by atoms with Crippen LogP contribution in [0.3, 0.4) is 0 Å². The summed E-state index contributed by atoms with van der Waals surface area (Å²) < 4.78 is 1.99. The Balaban J connectivity index is 1.85. The average Bonchev–Trinajstić information content (AvgIpc) is 2.91. The fourth-order valence-electron chi connectivity index (χ4n) is 3.71. The topological polar surface area (TPSA) is 63.0 Å². The SMILES string of the molecule is Cn1cc2c3c(cnnc31)-c1ccccc1NC2c1ccc(O)c(Cl)c1. The van der Waals surface area contributed by atoms with E-state index in [0.717, 1.165) is 39.0 Å². The standard InChI is InChI=1S/C20H15ClN4O/c1-25-10-14-18-13(9-22-24-20(18)25)12-4-2-3-5-16(12)23-19(14)11-6-7-17(26)15(21)8-11/h2-10,19,23,26H,1H3. The van der Waals surface area contributed by atoms with Gasteiger partial charge in [0.05, 0.1) is 17.3 Å². The molecule has 1 aliphatic rings. The fraction of sp³-hybridized carbons (Fsp3) is 0.100. The van der Waals surface area contributed by atoms with Crippen LogP contribution in [0.4, 0.5) is 5.69 Å². The highest BCUT2D eigenvalue weighted by molar-refractivity contribution is 6.32.